The summed E-state index contributed by atoms with van der Waals surface area (Å²) in [7, 11) is 16.4. The first kappa shape index (κ1) is 37.9. The molecule has 7 aromatic rings. The Labute approximate surface area is 347 Å². The smallest absolute Gasteiger partial charge is 0.202 e. The van der Waals surface area contributed by atoms with Gasteiger partial charge in [0.05, 0.1) is 67.6 Å². The van der Waals surface area contributed by atoms with Crippen molar-refractivity contribution < 1.29 is 0 Å². The Morgan fingerprint density at radius 2 is 0.517 bits per heavy atom. The number of H-pyrrole nitrogens is 2. The topological polar surface area (TPSA) is 89.1 Å². The summed E-state index contributed by atoms with van der Waals surface area (Å²) in [4.78, 5) is 18.5. The van der Waals surface area contributed by atoms with E-state index < -0.39 is 0 Å². The second kappa shape index (κ2) is 15.3. The van der Waals surface area contributed by atoms with Gasteiger partial charge in [0.25, 0.3) is 0 Å². The van der Waals surface area contributed by atoms with E-state index in [1.165, 1.54) is 0 Å². The number of nitrogens with one attached hydrogen (secondary N) is 2. The fourth-order valence-electron chi connectivity index (χ4n) is 7.70. The van der Waals surface area contributed by atoms with Crippen LogP contribution in [-0.2, 0) is 0 Å². The zero-order valence-electron chi connectivity index (χ0n) is 35.3. The number of fused-ring (bicyclic) bond motifs is 8. The highest BCUT2D eigenvalue weighted by atomic mass is 15.0. The van der Waals surface area contributed by atoms with Crippen LogP contribution in [0.25, 0.3) is 69.1 Å². The monoisotopic (exact) mass is 794 g/mol. The second-order valence-electron chi connectivity index (χ2n) is 15.8. The van der Waals surface area contributed by atoms with Gasteiger partial charge in [0, 0.05) is 98.1 Å². The van der Waals surface area contributed by atoms with Gasteiger partial charge in [0.2, 0.25) is 21.4 Å². The molecule has 8 bridgehead atoms. The van der Waals surface area contributed by atoms with E-state index >= 15 is 0 Å². The lowest BCUT2D eigenvalue weighted by Gasteiger charge is -2.10. The lowest BCUT2D eigenvalue weighted by atomic mass is 10.2. The molecule has 0 spiro atoms. The quantitative estimate of drug-likeness (QED) is 0.265. The molecular formula is C48H50N12+4. The summed E-state index contributed by atoms with van der Waals surface area (Å²) in [6, 6.07) is 25.5. The molecule has 0 saturated carbocycles. The van der Waals surface area contributed by atoms with Crippen molar-refractivity contribution >= 4 is 46.4 Å². The number of rotatable bonds is 4. The molecule has 2 aliphatic heterocycles. The molecule has 0 unspecified atom stereocenters. The first-order chi connectivity index (χ1) is 29.0. The molecule has 0 aromatic carbocycles. The molecule has 0 fully saturated rings. The molecule has 0 saturated heterocycles. The Balaban J connectivity index is 1.46. The third-order valence-electron chi connectivity index (χ3n) is 11.0. The van der Waals surface area contributed by atoms with E-state index in [4.69, 9.17) is 9.97 Å². The zero-order chi connectivity index (χ0) is 41.7. The minimum Gasteiger partial charge on any atom is -0.352 e. The Morgan fingerprint density at radius 3 is 0.700 bits per heavy atom. The highest BCUT2D eigenvalue weighted by Crippen LogP contribution is 2.31. The Hall–Kier alpha value is -7.60. The van der Waals surface area contributed by atoms with Crippen molar-refractivity contribution in [3.63, 3.8) is 0 Å². The Bertz CT molecular complexity index is 2880. The SMILES string of the molecule is C[N+](C)=c1ccn(-c2c3nc(c(-n4ccc(=[N+](C)C)cc4)c4ccc([nH]4)c(-n4ccc(=[N+](C)C)cc4)c4nc(c(-n5ccc(=[N+](C)C)cc5)c5ccc2[nH]5)C=C4)C=C3)cc1. The predicted octanol–water partition coefficient (Wildman–Crippen LogP) is 3.95. The first-order valence-corrected chi connectivity index (χ1v) is 19.9. The molecule has 2 N–H and O–H groups in total. The summed E-state index contributed by atoms with van der Waals surface area (Å²) in [5, 5.41) is 4.42. The van der Waals surface area contributed by atoms with E-state index in [0.717, 1.165) is 89.0 Å². The second-order valence-corrected chi connectivity index (χ2v) is 15.8. The number of hydrogen-bond acceptors (Lipinski definition) is 2. The van der Waals surface area contributed by atoms with Crippen LogP contribution in [-0.4, -0.2) is 94.6 Å². The van der Waals surface area contributed by atoms with Crippen LogP contribution in [0.5, 0.6) is 0 Å². The number of pyridine rings is 4. The van der Waals surface area contributed by atoms with Gasteiger partial charge in [0.15, 0.2) is 0 Å². The van der Waals surface area contributed by atoms with Gasteiger partial charge in [-0.3, -0.25) is 0 Å². The van der Waals surface area contributed by atoms with Crippen LogP contribution in [0.1, 0.15) is 22.8 Å². The third kappa shape index (κ3) is 7.02. The molecule has 2 aliphatic rings. The van der Waals surface area contributed by atoms with Gasteiger partial charge in [-0.25, -0.2) is 28.3 Å². The molecule has 0 atom stereocenters. The van der Waals surface area contributed by atoms with Crippen molar-refractivity contribution in [1.29, 1.82) is 0 Å². The molecule has 60 heavy (non-hydrogen) atoms. The van der Waals surface area contributed by atoms with Gasteiger partial charge < -0.3 is 28.2 Å². The Kier molecular flexibility index (Phi) is 9.67. The molecule has 0 amide bonds. The zero-order valence-corrected chi connectivity index (χ0v) is 35.3. The molecule has 9 rings (SSSR count). The molecule has 298 valence electrons. The molecule has 12 nitrogen and oxygen atoms in total. The van der Waals surface area contributed by atoms with E-state index in [0.29, 0.717) is 0 Å². The van der Waals surface area contributed by atoms with Gasteiger partial charge in [0.1, 0.15) is 56.4 Å². The van der Waals surface area contributed by atoms with Crippen molar-refractivity contribution in [1.82, 2.24) is 56.5 Å². The van der Waals surface area contributed by atoms with E-state index in [1.807, 2.05) is 0 Å². The highest BCUT2D eigenvalue weighted by molar-refractivity contribution is 5.90. The van der Waals surface area contributed by atoms with Gasteiger partial charge in [-0.1, -0.05) is 0 Å². The predicted molar refractivity (Wildman–Crippen MR) is 245 cm³/mol. The largest absolute Gasteiger partial charge is 0.352 e. The lowest BCUT2D eigenvalue weighted by Crippen LogP contribution is -2.21. The average molecular weight is 795 g/mol. The normalized spacial score (nSPS) is 11.9. The maximum atomic E-state index is 5.43. The lowest BCUT2D eigenvalue weighted by molar-refractivity contribution is 0.806. The van der Waals surface area contributed by atoms with E-state index in [2.05, 4.69) is 250 Å². The summed E-state index contributed by atoms with van der Waals surface area (Å²) in [5.41, 5.74) is 10.6. The summed E-state index contributed by atoms with van der Waals surface area (Å²) in [6.07, 6.45) is 25.2. The maximum Gasteiger partial charge on any atom is 0.202 e. The molecule has 0 aliphatic carbocycles. The summed E-state index contributed by atoms with van der Waals surface area (Å²) < 4.78 is 17.0. The number of aromatic amines is 2. The van der Waals surface area contributed by atoms with Crippen LogP contribution in [0.3, 0.4) is 0 Å². The van der Waals surface area contributed by atoms with Crippen LogP contribution in [0.4, 0.5) is 0 Å². The molecule has 0 radical (unpaired) electrons. The van der Waals surface area contributed by atoms with E-state index in [9.17, 15) is 0 Å². The van der Waals surface area contributed by atoms with Crippen LogP contribution in [0, 0.1) is 0 Å². The van der Waals surface area contributed by atoms with E-state index in [1.54, 1.807) is 0 Å². The van der Waals surface area contributed by atoms with Gasteiger partial charge in [-0.2, -0.15) is 0 Å². The molecule has 12 heteroatoms. The number of hydrogen-bond donors (Lipinski definition) is 2. The molecule has 9 heterocycles. The van der Waals surface area contributed by atoms with Crippen LogP contribution in [0.15, 0.2) is 122 Å². The van der Waals surface area contributed by atoms with Crippen molar-refractivity contribution in [3.05, 3.63) is 167 Å². The number of nitrogens with zero attached hydrogens (tertiary/aromatic N) is 10. The molecular weight excluding hydrogens is 745 g/mol. The van der Waals surface area contributed by atoms with Crippen LogP contribution < -0.4 is 39.7 Å². The maximum absolute atomic E-state index is 5.43. The number of aromatic nitrogens is 8. The van der Waals surface area contributed by atoms with Crippen LogP contribution >= 0.6 is 0 Å². The average Bonchev–Trinajstić information content (AvgIpc) is 4.10. The van der Waals surface area contributed by atoms with E-state index in [-0.39, 0.29) is 0 Å². The summed E-state index contributed by atoms with van der Waals surface area (Å²) in [5.74, 6) is 0. The highest BCUT2D eigenvalue weighted by Gasteiger charge is 2.18. The van der Waals surface area contributed by atoms with Crippen molar-refractivity contribution in [3.8, 4) is 22.7 Å². The molecule has 7 aromatic heterocycles. The van der Waals surface area contributed by atoms with Gasteiger partial charge in [-0.15, -0.1) is 0 Å². The summed E-state index contributed by atoms with van der Waals surface area (Å²) >= 11 is 0. The van der Waals surface area contributed by atoms with Gasteiger partial charge >= 0.3 is 0 Å². The van der Waals surface area contributed by atoms with Crippen molar-refractivity contribution in [2.75, 3.05) is 56.4 Å². The van der Waals surface area contributed by atoms with Crippen molar-refractivity contribution in [2.24, 2.45) is 0 Å². The fraction of sp³-hybridized carbons (Fsp3) is 0.167. The standard InChI is InChI=1S/C48H50N12/c1-53(2)33-17-25-57(26-18-33)45-37-9-11-39(49-37)46(58-27-19-34(20-28-58)54(3)4)41-13-15-43(51-41)48(60-31-23-36(24-32-60)56(7)8)44-16-14-42(52-44)47(40-12-10-38(45)50-40)59-29-21-35(22-30-59)55(5)6/h9-32,49,52H,1-8H3/q+4. The Morgan fingerprint density at radius 1 is 0.317 bits per heavy atom. The van der Waals surface area contributed by atoms with Crippen molar-refractivity contribution in [2.45, 2.75) is 0 Å². The minimum atomic E-state index is 0.824. The first-order valence-electron chi connectivity index (χ1n) is 19.9. The van der Waals surface area contributed by atoms with Crippen LogP contribution in [0.2, 0.25) is 0 Å². The minimum absolute atomic E-state index is 0.824. The fourth-order valence-corrected chi connectivity index (χ4v) is 7.70. The third-order valence-corrected chi connectivity index (χ3v) is 11.0. The summed E-state index contributed by atoms with van der Waals surface area (Å²) in [6.45, 7) is 0. The van der Waals surface area contributed by atoms with Gasteiger partial charge in [-0.05, 0) is 48.6 Å².